The summed E-state index contributed by atoms with van der Waals surface area (Å²) in [7, 11) is 0. The van der Waals surface area contributed by atoms with Gasteiger partial charge in [-0.1, -0.05) is 42.5 Å². The summed E-state index contributed by atoms with van der Waals surface area (Å²) < 4.78 is 10.6. The minimum Gasteiger partial charge on any atom is -0.454 e. The maximum atomic E-state index is 11.9. The number of carbonyl (C=O) groups excluding carboxylic acids is 1. The number of benzene rings is 2. The van der Waals surface area contributed by atoms with Crippen LogP contribution in [0.25, 0.3) is 6.08 Å². The molecule has 1 amide bonds. The summed E-state index contributed by atoms with van der Waals surface area (Å²) in [4.78, 5) is 11.9. The van der Waals surface area contributed by atoms with Crippen LogP contribution in [0.15, 0.2) is 59.7 Å². The third-order valence-electron chi connectivity index (χ3n) is 3.62. The highest BCUT2D eigenvalue weighted by molar-refractivity contribution is 5.97. The normalized spacial score (nSPS) is 14.6. The van der Waals surface area contributed by atoms with Crippen LogP contribution in [0, 0.1) is 0 Å². The summed E-state index contributed by atoms with van der Waals surface area (Å²) in [6.07, 6.45) is 2.35. The summed E-state index contributed by atoms with van der Waals surface area (Å²) >= 11 is 0. The van der Waals surface area contributed by atoms with Crippen LogP contribution >= 0.6 is 0 Å². The van der Waals surface area contributed by atoms with E-state index in [-0.39, 0.29) is 6.79 Å². The van der Waals surface area contributed by atoms with Crippen LogP contribution in [-0.4, -0.2) is 23.5 Å². The van der Waals surface area contributed by atoms with Crippen LogP contribution in [0.5, 0.6) is 11.5 Å². The Hall–Kier alpha value is -3.12. The van der Waals surface area contributed by atoms with Crippen molar-refractivity contribution in [2.24, 2.45) is 5.10 Å². The predicted octanol–water partition coefficient (Wildman–Crippen LogP) is 2.65. The highest BCUT2D eigenvalue weighted by Gasteiger charge is 2.16. The topological polar surface area (TPSA) is 80.2 Å². The zero-order chi connectivity index (χ0) is 17.6. The van der Waals surface area contributed by atoms with Gasteiger partial charge in [0, 0.05) is 0 Å². The number of nitrogens with one attached hydrogen (secondary N) is 1. The summed E-state index contributed by atoms with van der Waals surface area (Å²) in [6, 6.07) is 14.3. The van der Waals surface area contributed by atoms with Crippen LogP contribution in [-0.2, 0) is 4.79 Å². The number of nitrogens with zero attached hydrogens (tertiary/aromatic N) is 1. The first-order chi connectivity index (χ1) is 12.1. The summed E-state index contributed by atoms with van der Waals surface area (Å²) in [5.41, 5.74) is 4.39. The monoisotopic (exact) mass is 338 g/mol. The van der Waals surface area contributed by atoms with Crippen LogP contribution in [0.2, 0.25) is 0 Å². The van der Waals surface area contributed by atoms with Crippen LogP contribution in [0.4, 0.5) is 0 Å². The number of aliphatic hydroxyl groups is 1. The van der Waals surface area contributed by atoms with Gasteiger partial charge in [-0.2, -0.15) is 5.10 Å². The van der Waals surface area contributed by atoms with Gasteiger partial charge in [-0.25, -0.2) is 5.43 Å². The minimum absolute atomic E-state index is 0.235. The van der Waals surface area contributed by atoms with Crippen molar-refractivity contribution in [2.75, 3.05) is 6.79 Å². The number of allylic oxidation sites excluding steroid dienone is 1. The molecule has 0 bridgehead atoms. The van der Waals surface area contributed by atoms with Gasteiger partial charge < -0.3 is 14.6 Å². The molecule has 6 heteroatoms. The molecule has 128 valence electrons. The van der Waals surface area contributed by atoms with Crippen LogP contribution in [0.1, 0.15) is 24.2 Å². The molecular weight excluding hydrogens is 320 g/mol. The van der Waals surface area contributed by atoms with Crippen molar-refractivity contribution < 1.29 is 19.4 Å². The van der Waals surface area contributed by atoms with Gasteiger partial charge in [0.15, 0.2) is 17.6 Å². The average Bonchev–Trinajstić information content (AvgIpc) is 3.12. The second-order valence-electron chi connectivity index (χ2n) is 5.49. The average molecular weight is 338 g/mol. The number of fused-ring (bicyclic) bond motifs is 1. The third-order valence-corrected chi connectivity index (χ3v) is 3.62. The fourth-order valence-electron chi connectivity index (χ4n) is 2.26. The molecule has 6 nitrogen and oxygen atoms in total. The first-order valence-corrected chi connectivity index (χ1v) is 7.78. The first kappa shape index (κ1) is 16.7. The Morgan fingerprint density at radius 2 is 1.96 bits per heavy atom. The molecule has 0 fully saturated rings. The van der Waals surface area contributed by atoms with E-state index in [0.717, 1.165) is 11.3 Å². The second-order valence-corrected chi connectivity index (χ2v) is 5.49. The Morgan fingerprint density at radius 1 is 1.20 bits per heavy atom. The van der Waals surface area contributed by atoms with E-state index in [4.69, 9.17) is 9.47 Å². The highest BCUT2D eigenvalue weighted by Crippen LogP contribution is 2.32. The molecule has 0 spiro atoms. The van der Waals surface area contributed by atoms with E-state index in [9.17, 15) is 9.90 Å². The first-order valence-electron chi connectivity index (χ1n) is 7.78. The molecule has 0 aromatic heterocycles. The maximum absolute atomic E-state index is 11.9. The Bertz CT molecular complexity index is 815. The molecule has 3 rings (SSSR count). The van der Waals surface area contributed by atoms with E-state index in [1.54, 1.807) is 37.3 Å². The molecule has 1 aliphatic rings. The van der Waals surface area contributed by atoms with E-state index in [1.807, 2.05) is 30.3 Å². The maximum Gasteiger partial charge on any atom is 0.273 e. The van der Waals surface area contributed by atoms with E-state index in [1.165, 1.54) is 0 Å². The number of carbonyl (C=O) groups is 1. The Morgan fingerprint density at radius 3 is 2.76 bits per heavy atom. The van der Waals surface area contributed by atoms with E-state index in [0.29, 0.717) is 17.0 Å². The zero-order valence-corrected chi connectivity index (χ0v) is 13.7. The Balaban J connectivity index is 1.59. The molecule has 0 saturated heterocycles. The number of hydrogen-bond donors (Lipinski definition) is 2. The fraction of sp³-hybridized carbons (Fsp3) is 0.158. The van der Waals surface area contributed by atoms with E-state index >= 15 is 0 Å². The SMILES string of the molecule is CC(/C=C/c1ccc2c(c1)OCO2)=NNC(=O)C(O)c1ccccc1. The molecule has 25 heavy (non-hydrogen) atoms. The molecule has 2 aromatic rings. The molecular formula is C19H18N2O4. The number of hydrogen-bond acceptors (Lipinski definition) is 5. The van der Waals surface area contributed by atoms with Crippen molar-refractivity contribution in [2.45, 2.75) is 13.0 Å². The fourth-order valence-corrected chi connectivity index (χ4v) is 2.26. The van der Waals surface area contributed by atoms with Crippen molar-refractivity contribution in [1.82, 2.24) is 5.43 Å². The van der Waals surface area contributed by atoms with Crippen LogP contribution < -0.4 is 14.9 Å². The van der Waals surface area contributed by atoms with Crippen molar-refractivity contribution in [3.05, 3.63) is 65.7 Å². The van der Waals surface area contributed by atoms with Gasteiger partial charge in [0.25, 0.3) is 5.91 Å². The number of rotatable bonds is 5. The number of amides is 1. The van der Waals surface area contributed by atoms with Gasteiger partial charge in [-0.15, -0.1) is 0 Å². The zero-order valence-electron chi connectivity index (χ0n) is 13.7. The van der Waals surface area contributed by atoms with Gasteiger partial charge in [-0.3, -0.25) is 4.79 Å². The molecule has 1 atom stereocenters. The lowest BCUT2D eigenvalue weighted by molar-refractivity contribution is -0.129. The lowest BCUT2D eigenvalue weighted by Gasteiger charge is -2.08. The number of ether oxygens (including phenoxy) is 2. The summed E-state index contributed by atoms with van der Waals surface area (Å²) in [5.74, 6) is 0.850. The summed E-state index contributed by atoms with van der Waals surface area (Å²) in [6.45, 7) is 1.98. The van der Waals surface area contributed by atoms with Gasteiger partial charge in [0.2, 0.25) is 6.79 Å². The summed E-state index contributed by atoms with van der Waals surface area (Å²) in [5, 5.41) is 13.9. The number of hydrazone groups is 1. The largest absolute Gasteiger partial charge is 0.454 e. The van der Waals surface area contributed by atoms with Crippen LogP contribution in [0.3, 0.4) is 0 Å². The second kappa shape index (κ2) is 7.63. The lowest BCUT2D eigenvalue weighted by atomic mass is 10.1. The minimum atomic E-state index is -1.25. The highest BCUT2D eigenvalue weighted by atomic mass is 16.7. The van der Waals surface area contributed by atoms with Gasteiger partial charge >= 0.3 is 0 Å². The molecule has 0 aliphatic carbocycles. The van der Waals surface area contributed by atoms with E-state index in [2.05, 4.69) is 10.5 Å². The van der Waals surface area contributed by atoms with Crippen molar-refractivity contribution in [1.29, 1.82) is 0 Å². The smallest absolute Gasteiger partial charge is 0.273 e. The van der Waals surface area contributed by atoms with Crippen molar-refractivity contribution in [3.63, 3.8) is 0 Å². The molecule has 0 saturated carbocycles. The number of aliphatic hydroxyl groups excluding tert-OH is 1. The van der Waals surface area contributed by atoms with Crippen molar-refractivity contribution >= 4 is 17.7 Å². The molecule has 1 heterocycles. The molecule has 1 unspecified atom stereocenters. The molecule has 2 aromatic carbocycles. The van der Waals surface area contributed by atoms with Gasteiger partial charge in [-0.05, 0) is 36.3 Å². The third kappa shape index (κ3) is 4.24. The lowest BCUT2D eigenvalue weighted by Crippen LogP contribution is -2.25. The Kier molecular flexibility index (Phi) is 5.11. The molecule has 1 aliphatic heterocycles. The molecule has 2 N–H and O–H groups in total. The molecule has 0 radical (unpaired) electrons. The van der Waals surface area contributed by atoms with Crippen molar-refractivity contribution in [3.8, 4) is 11.5 Å². The Labute approximate surface area is 145 Å². The standard InChI is InChI=1S/C19H18N2O4/c1-13(7-8-14-9-10-16-17(11-14)25-12-24-16)20-21-19(23)18(22)15-5-3-2-4-6-15/h2-11,18,22H,12H2,1H3,(H,21,23)/b8-7+,20-13?. The van der Waals surface area contributed by atoms with Gasteiger partial charge in [0.05, 0.1) is 5.71 Å². The van der Waals surface area contributed by atoms with E-state index < -0.39 is 12.0 Å². The predicted molar refractivity (Wildman–Crippen MR) is 94.3 cm³/mol. The quantitative estimate of drug-likeness (QED) is 0.649. The van der Waals surface area contributed by atoms with Gasteiger partial charge in [0.1, 0.15) is 0 Å².